The number of rotatable bonds is 8. The van der Waals surface area contributed by atoms with Gasteiger partial charge in [0.1, 0.15) is 0 Å². The van der Waals surface area contributed by atoms with Crippen LogP contribution in [0.4, 0.5) is 0 Å². The van der Waals surface area contributed by atoms with Crippen LogP contribution >= 0.6 is 0 Å². The molecule has 0 spiro atoms. The Morgan fingerprint density at radius 3 is 2.56 bits per heavy atom. The van der Waals surface area contributed by atoms with E-state index in [1.54, 1.807) is 0 Å². The van der Waals surface area contributed by atoms with E-state index in [4.69, 9.17) is 4.74 Å². The third kappa shape index (κ3) is 5.86. The molecule has 96 valence electrons. The molecule has 1 aliphatic rings. The zero-order valence-corrected chi connectivity index (χ0v) is 11.3. The summed E-state index contributed by atoms with van der Waals surface area (Å²) < 4.78 is 5.87. The average molecular weight is 227 g/mol. The highest BCUT2D eigenvalue weighted by Gasteiger charge is 2.20. The molecule has 0 unspecified atom stereocenters. The number of hydrogen-bond donors (Lipinski definition) is 1. The fourth-order valence-corrected chi connectivity index (χ4v) is 2.33. The zero-order valence-electron chi connectivity index (χ0n) is 11.3. The fourth-order valence-electron chi connectivity index (χ4n) is 2.33. The molecule has 0 aromatic heterocycles. The van der Waals surface area contributed by atoms with E-state index in [1.165, 1.54) is 32.1 Å². The highest BCUT2D eigenvalue weighted by atomic mass is 16.5. The van der Waals surface area contributed by atoms with Crippen molar-refractivity contribution in [3.8, 4) is 0 Å². The summed E-state index contributed by atoms with van der Waals surface area (Å²) in [6.45, 7) is 10.8. The first-order valence-electron chi connectivity index (χ1n) is 6.92. The predicted octanol–water partition coefficient (Wildman–Crippen LogP) is 3.22. The van der Waals surface area contributed by atoms with Crippen molar-refractivity contribution >= 4 is 0 Å². The topological polar surface area (TPSA) is 21.3 Å². The minimum absolute atomic E-state index is 0.272. The molecule has 0 bridgehead atoms. The molecule has 2 nitrogen and oxygen atoms in total. The molecule has 16 heavy (non-hydrogen) atoms. The lowest BCUT2D eigenvalue weighted by atomic mass is 9.95. The first-order valence-corrected chi connectivity index (χ1v) is 6.92. The van der Waals surface area contributed by atoms with Gasteiger partial charge in [0.05, 0.1) is 6.61 Å². The van der Waals surface area contributed by atoms with E-state index in [0.717, 1.165) is 32.2 Å². The standard InChI is InChI=1S/C14H29NO/c1-4-9-15-11-14(2,3)12-16-10-13-7-5-6-8-13/h13,15H,4-12H2,1-3H3. The van der Waals surface area contributed by atoms with Gasteiger partial charge in [-0.1, -0.05) is 33.6 Å². The van der Waals surface area contributed by atoms with Crippen LogP contribution < -0.4 is 5.32 Å². The predicted molar refractivity (Wildman–Crippen MR) is 69.7 cm³/mol. The maximum absolute atomic E-state index is 5.87. The van der Waals surface area contributed by atoms with Crippen molar-refractivity contribution in [2.24, 2.45) is 11.3 Å². The highest BCUT2D eigenvalue weighted by Crippen LogP contribution is 2.25. The Kier molecular flexibility index (Phi) is 6.37. The molecule has 0 radical (unpaired) electrons. The van der Waals surface area contributed by atoms with Crippen molar-refractivity contribution in [2.45, 2.75) is 52.9 Å². The fraction of sp³-hybridized carbons (Fsp3) is 1.00. The van der Waals surface area contributed by atoms with Crippen molar-refractivity contribution in [1.29, 1.82) is 0 Å². The maximum atomic E-state index is 5.87. The molecule has 0 aromatic carbocycles. The number of nitrogens with one attached hydrogen (secondary N) is 1. The average Bonchev–Trinajstić information content (AvgIpc) is 2.70. The minimum atomic E-state index is 0.272. The quantitative estimate of drug-likeness (QED) is 0.643. The van der Waals surface area contributed by atoms with Crippen LogP contribution in [0.25, 0.3) is 0 Å². The Bertz CT molecular complexity index is 174. The van der Waals surface area contributed by atoms with Crippen LogP contribution in [0.15, 0.2) is 0 Å². The minimum Gasteiger partial charge on any atom is -0.381 e. The molecule has 1 rings (SSSR count). The zero-order chi connectivity index (χ0) is 11.9. The van der Waals surface area contributed by atoms with Crippen molar-refractivity contribution in [1.82, 2.24) is 5.32 Å². The Balaban J connectivity index is 2.04. The van der Waals surface area contributed by atoms with E-state index in [0.29, 0.717) is 0 Å². The molecule has 0 atom stereocenters. The van der Waals surface area contributed by atoms with Crippen molar-refractivity contribution < 1.29 is 4.74 Å². The summed E-state index contributed by atoms with van der Waals surface area (Å²) in [5.41, 5.74) is 0.272. The third-order valence-corrected chi connectivity index (χ3v) is 3.35. The Labute approximate surface area is 101 Å². The summed E-state index contributed by atoms with van der Waals surface area (Å²) in [5.74, 6) is 0.847. The van der Waals surface area contributed by atoms with Crippen LogP contribution in [0.3, 0.4) is 0 Å². The smallest absolute Gasteiger partial charge is 0.0529 e. The van der Waals surface area contributed by atoms with Crippen LogP contribution in [0.5, 0.6) is 0 Å². The van der Waals surface area contributed by atoms with Gasteiger partial charge in [-0.25, -0.2) is 0 Å². The molecule has 0 aromatic rings. The SMILES string of the molecule is CCCNCC(C)(C)COCC1CCCC1. The Morgan fingerprint density at radius 1 is 1.25 bits per heavy atom. The van der Waals surface area contributed by atoms with Crippen molar-refractivity contribution in [2.75, 3.05) is 26.3 Å². The summed E-state index contributed by atoms with van der Waals surface area (Å²) >= 11 is 0. The van der Waals surface area contributed by atoms with Gasteiger partial charge in [0.2, 0.25) is 0 Å². The third-order valence-electron chi connectivity index (χ3n) is 3.35. The van der Waals surface area contributed by atoms with Crippen LogP contribution in [-0.4, -0.2) is 26.3 Å². The van der Waals surface area contributed by atoms with E-state index >= 15 is 0 Å². The molecule has 1 N–H and O–H groups in total. The van der Waals surface area contributed by atoms with Gasteiger partial charge in [-0.2, -0.15) is 0 Å². The molecular formula is C14H29NO. The van der Waals surface area contributed by atoms with Gasteiger partial charge in [-0.05, 0) is 31.7 Å². The number of hydrogen-bond acceptors (Lipinski definition) is 2. The molecule has 1 fully saturated rings. The van der Waals surface area contributed by atoms with Crippen LogP contribution in [0.2, 0.25) is 0 Å². The van der Waals surface area contributed by atoms with E-state index in [2.05, 4.69) is 26.1 Å². The maximum Gasteiger partial charge on any atom is 0.0529 e. The van der Waals surface area contributed by atoms with Crippen LogP contribution in [-0.2, 0) is 4.74 Å². The van der Waals surface area contributed by atoms with E-state index in [-0.39, 0.29) is 5.41 Å². The van der Waals surface area contributed by atoms with Crippen LogP contribution in [0, 0.1) is 11.3 Å². The molecule has 1 saturated carbocycles. The van der Waals surface area contributed by atoms with Gasteiger partial charge in [0.15, 0.2) is 0 Å². The summed E-state index contributed by atoms with van der Waals surface area (Å²) in [4.78, 5) is 0. The monoisotopic (exact) mass is 227 g/mol. The van der Waals surface area contributed by atoms with Gasteiger partial charge >= 0.3 is 0 Å². The van der Waals surface area contributed by atoms with Crippen LogP contribution in [0.1, 0.15) is 52.9 Å². The van der Waals surface area contributed by atoms with E-state index in [9.17, 15) is 0 Å². The second-order valence-electron chi connectivity index (χ2n) is 6.01. The summed E-state index contributed by atoms with van der Waals surface area (Å²) in [6, 6.07) is 0. The highest BCUT2D eigenvalue weighted by molar-refractivity contribution is 4.72. The lowest BCUT2D eigenvalue weighted by Gasteiger charge is -2.25. The lowest BCUT2D eigenvalue weighted by molar-refractivity contribution is 0.0415. The molecule has 0 heterocycles. The molecular weight excluding hydrogens is 198 g/mol. The van der Waals surface area contributed by atoms with E-state index < -0.39 is 0 Å². The Morgan fingerprint density at radius 2 is 1.94 bits per heavy atom. The molecule has 0 aliphatic heterocycles. The van der Waals surface area contributed by atoms with Gasteiger partial charge in [0.25, 0.3) is 0 Å². The van der Waals surface area contributed by atoms with Crippen molar-refractivity contribution in [3.63, 3.8) is 0 Å². The second kappa shape index (κ2) is 7.29. The normalized spacial score (nSPS) is 18.2. The molecule has 0 saturated heterocycles. The van der Waals surface area contributed by atoms with Gasteiger partial charge in [0, 0.05) is 18.6 Å². The molecule has 1 aliphatic carbocycles. The first kappa shape index (κ1) is 14.0. The summed E-state index contributed by atoms with van der Waals surface area (Å²) in [6.07, 6.45) is 6.80. The van der Waals surface area contributed by atoms with Gasteiger partial charge in [-0.3, -0.25) is 0 Å². The molecule has 2 heteroatoms. The Hall–Kier alpha value is -0.0800. The summed E-state index contributed by atoms with van der Waals surface area (Å²) in [7, 11) is 0. The summed E-state index contributed by atoms with van der Waals surface area (Å²) in [5, 5.41) is 3.47. The van der Waals surface area contributed by atoms with Crippen molar-refractivity contribution in [3.05, 3.63) is 0 Å². The number of ether oxygens (including phenoxy) is 1. The second-order valence-corrected chi connectivity index (χ2v) is 6.01. The van der Waals surface area contributed by atoms with E-state index in [1.807, 2.05) is 0 Å². The largest absolute Gasteiger partial charge is 0.381 e. The first-order chi connectivity index (χ1) is 7.64. The lowest BCUT2D eigenvalue weighted by Crippen LogP contribution is -2.34. The van der Waals surface area contributed by atoms with Gasteiger partial charge in [-0.15, -0.1) is 0 Å². The van der Waals surface area contributed by atoms with Gasteiger partial charge < -0.3 is 10.1 Å². The molecule has 0 amide bonds.